The molecule has 3 atom stereocenters. The Kier molecular flexibility index (Phi) is 17.1. The van der Waals surface area contributed by atoms with E-state index in [1.807, 2.05) is 98.8 Å². The number of rotatable bonds is 13. The summed E-state index contributed by atoms with van der Waals surface area (Å²) in [6.45, 7) is 7.57. The van der Waals surface area contributed by atoms with Gasteiger partial charge >= 0.3 is 11.9 Å². The number of carbonyl (C=O) groups excluding carboxylic acids is 2. The molecule has 7 nitrogen and oxygen atoms in total. The Morgan fingerprint density at radius 3 is 1.88 bits per heavy atom. The molecule has 0 heterocycles. The number of carboxylic acid groups (broad SMARTS) is 1. The van der Waals surface area contributed by atoms with Gasteiger partial charge in [-0.25, -0.2) is 9.18 Å². The van der Waals surface area contributed by atoms with Crippen LogP contribution in [0.15, 0.2) is 103 Å². The molecule has 9 heteroatoms. The number of alkyl halides is 1. The van der Waals surface area contributed by atoms with Crippen LogP contribution >= 0.6 is 0 Å². The zero-order valence-corrected chi connectivity index (χ0v) is 28.1. The fourth-order valence-corrected chi connectivity index (χ4v) is 4.53. The van der Waals surface area contributed by atoms with Crippen LogP contribution in [0.1, 0.15) is 61.1 Å². The van der Waals surface area contributed by atoms with E-state index in [1.165, 1.54) is 11.6 Å². The lowest BCUT2D eigenvalue weighted by atomic mass is 10.0. The maximum atomic E-state index is 14.6. The number of hydrogen-bond donors (Lipinski definition) is 2. The Bertz CT molecular complexity index is 1550. The molecule has 0 aliphatic rings. The fraction of sp³-hybridized carbons (Fsp3) is 0.308. The number of carboxylic acids is 1. The van der Waals surface area contributed by atoms with Crippen LogP contribution in [-0.2, 0) is 38.6 Å². The molecule has 2 N–H and O–H groups in total. The predicted octanol–water partition coefficient (Wildman–Crippen LogP) is 7.99. The summed E-state index contributed by atoms with van der Waals surface area (Å²) in [7, 11) is 0.500. The van der Waals surface area contributed by atoms with E-state index in [2.05, 4.69) is 5.32 Å². The molecule has 256 valence electrons. The van der Waals surface area contributed by atoms with Crippen molar-refractivity contribution in [1.82, 2.24) is 5.32 Å². The summed E-state index contributed by atoms with van der Waals surface area (Å²) >= 11 is 0. The van der Waals surface area contributed by atoms with Crippen molar-refractivity contribution in [2.75, 3.05) is 7.18 Å². The molecule has 0 aliphatic heterocycles. The summed E-state index contributed by atoms with van der Waals surface area (Å²) in [6.07, 6.45) is 0.503. The Labute approximate surface area is 281 Å². The van der Waals surface area contributed by atoms with Gasteiger partial charge in [0.1, 0.15) is 30.3 Å². The minimum Gasteiger partial charge on any atom is -0.489 e. The van der Waals surface area contributed by atoms with Gasteiger partial charge in [0.2, 0.25) is 5.91 Å². The molecule has 4 aromatic rings. The van der Waals surface area contributed by atoms with E-state index in [0.29, 0.717) is 44.4 Å². The third kappa shape index (κ3) is 13.7. The second-order valence-electron chi connectivity index (χ2n) is 11.1. The molecule has 4 rings (SSSR count). The first-order valence-electron chi connectivity index (χ1n) is 15.7. The summed E-state index contributed by atoms with van der Waals surface area (Å²) in [5.41, 5.74) is 4.48. The largest absolute Gasteiger partial charge is 0.489 e. The quantitative estimate of drug-likeness (QED) is 0.141. The SMILES string of the molecule is CCC(=O)NC(Cc1ccccc1)C(=O)O.CF.Cc1ccc(COc2ccc(C(C)OC(=O)C(C)Cc3ccccc3)c(F)c2)cc1. The van der Waals surface area contributed by atoms with Crippen molar-refractivity contribution in [3.8, 4) is 5.75 Å². The van der Waals surface area contributed by atoms with E-state index in [9.17, 15) is 23.2 Å². The van der Waals surface area contributed by atoms with E-state index < -0.39 is 23.9 Å². The molecule has 0 saturated carbocycles. The number of ether oxygens (including phenoxy) is 2. The number of carbonyl (C=O) groups is 3. The van der Waals surface area contributed by atoms with Crippen molar-refractivity contribution in [1.29, 1.82) is 0 Å². The minimum absolute atomic E-state index is 0.247. The maximum absolute atomic E-state index is 14.6. The van der Waals surface area contributed by atoms with Crippen molar-refractivity contribution in [2.45, 2.75) is 65.7 Å². The second kappa shape index (κ2) is 20.9. The number of hydrogen-bond acceptors (Lipinski definition) is 5. The molecule has 0 bridgehead atoms. The lowest BCUT2D eigenvalue weighted by molar-refractivity contribution is -0.153. The first kappa shape index (κ1) is 39.1. The Hall–Kier alpha value is -5.05. The van der Waals surface area contributed by atoms with Gasteiger partial charge in [0.05, 0.1) is 13.1 Å². The van der Waals surface area contributed by atoms with Gasteiger partial charge in [0.25, 0.3) is 0 Å². The summed E-state index contributed by atoms with van der Waals surface area (Å²) < 4.78 is 35.3. The minimum atomic E-state index is -1.01. The van der Waals surface area contributed by atoms with Gasteiger partial charge < -0.3 is 19.9 Å². The van der Waals surface area contributed by atoms with Crippen LogP contribution in [0.5, 0.6) is 5.75 Å². The highest BCUT2D eigenvalue weighted by Gasteiger charge is 2.21. The molecular weight excluding hydrogens is 616 g/mol. The van der Waals surface area contributed by atoms with Gasteiger partial charge in [-0.15, -0.1) is 0 Å². The molecule has 1 amide bonds. The van der Waals surface area contributed by atoms with Crippen LogP contribution in [-0.4, -0.2) is 36.2 Å². The average Bonchev–Trinajstić information content (AvgIpc) is 3.09. The van der Waals surface area contributed by atoms with Crippen LogP contribution in [0, 0.1) is 18.7 Å². The molecule has 4 aromatic carbocycles. The van der Waals surface area contributed by atoms with Crippen molar-refractivity contribution < 1.29 is 37.7 Å². The number of esters is 1. The fourth-order valence-electron chi connectivity index (χ4n) is 4.53. The first-order valence-corrected chi connectivity index (χ1v) is 15.7. The zero-order chi connectivity index (χ0) is 35.5. The third-order valence-corrected chi connectivity index (χ3v) is 7.25. The molecule has 0 aliphatic carbocycles. The number of benzene rings is 4. The lowest BCUT2D eigenvalue weighted by Crippen LogP contribution is -2.42. The summed E-state index contributed by atoms with van der Waals surface area (Å²) in [5, 5.41) is 11.4. The smallest absolute Gasteiger partial charge is 0.326 e. The van der Waals surface area contributed by atoms with Gasteiger partial charge in [-0.05, 0) is 49.1 Å². The highest BCUT2D eigenvalue weighted by molar-refractivity contribution is 5.83. The number of halogens is 2. The van der Waals surface area contributed by atoms with Crippen LogP contribution in [0.4, 0.5) is 8.78 Å². The van der Waals surface area contributed by atoms with Crippen molar-refractivity contribution in [2.24, 2.45) is 5.92 Å². The normalized spacial score (nSPS) is 12.1. The van der Waals surface area contributed by atoms with E-state index in [4.69, 9.17) is 14.6 Å². The van der Waals surface area contributed by atoms with E-state index in [0.717, 1.165) is 16.7 Å². The van der Waals surface area contributed by atoms with Crippen LogP contribution in [0.3, 0.4) is 0 Å². The highest BCUT2D eigenvalue weighted by atomic mass is 19.1. The van der Waals surface area contributed by atoms with Gasteiger partial charge in [0, 0.05) is 24.5 Å². The van der Waals surface area contributed by atoms with E-state index >= 15 is 0 Å². The summed E-state index contributed by atoms with van der Waals surface area (Å²) in [5.74, 6) is -1.92. The number of aliphatic carboxylic acids is 1. The monoisotopic (exact) mass is 661 g/mol. The van der Waals surface area contributed by atoms with Crippen molar-refractivity contribution in [3.05, 3.63) is 137 Å². The van der Waals surface area contributed by atoms with Gasteiger partial charge in [-0.1, -0.05) is 104 Å². The van der Waals surface area contributed by atoms with Crippen LogP contribution in [0.25, 0.3) is 0 Å². The topological polar surface area (TPSA) is 102 Å². The molecule has 0 radical (unpaired) electrons. The molecule has 3 unspecified atom stereocenters. The molecule has 0 aromatic heterocycles. The maximum Gasteiger partial charge on any atom is 0.326 e. The standard InChI is InChI=1S/C26H27FO3.C12H15NO3.CH3F/c1-18-9-11-22(12-10-18)17-29-23-13-14-24(25(27)16-23)20(3)30-26(28)19(2)15-21-7-5-4-6-8-21;1-2-11(14)13-10(12(15)16)8-9-6-4-3-5-7-9;1-2/h4-14,16,19-20H,15,17H2,1-3H3;3-7,10H,2,8H2,1H3,(H,13,14)(H,15,16);1H3. The molecular formula is C39H45F2NO6. The summed E-state index contributed by atoms with van der Waals surface area (Å²) in [4.78, 5) is 34.5. The number of amides is 1. The van der Waals surface area contributed by atoms with Crippen LogP contribution in [0.2, 0.25) is 0 Å². The van der Waals surface area contributed by atoms with Crippen molar-refractivity contribution >= 4 is 17.8 Å². The van der Waals surface area contributed by atoms with Crippen LogP contribution < -0.4 is 10.1 Å². The van der Waals surface area contributed by atoms with Gasteiger partial charge in [-0.3, -0.25) is 14.0 Å². The number of aryl methyl sites for hydroxylation is 1. The second-order valence-corrected chi connectivity index (χ2v) is 11.1. The predicted molar refractivity (Wildman–Crippen MR) is 183 cm³/mol. The third-order valence-electron chi connectivity index (χ3n) is 7.25. The molecule has 0 fully saturated rings. The Morgan fingerprint density at radius 1 is 0.792 bits per heavy atom. The first-order chi connectivity index (χ1) is 23.0. The van der Waals surface area contributed by atoms with E-state index in [1.54, 1.807) is 26.0 Å². The van der Waals surface area contributed by atoms with Crippen molar-refractivity contribution in [3.63, 3.8) is 0 Å². The Balaban J connectivity index is 0.000000376. The molecule has 0 saturated heterocycles. The van der Waals surface area contributed by atoms with Gasteiger partial charge in [-0.2, -0.15) is 0 Å². The molecule has 0 spiro atoms. The summed E-state index contributed by atoms with van der Waals surface area (Å²) in [6, 6.07) is 30.8. The Morgan fingerprint density at radius 2 is 1.35 bits per heavy atom. The lowest BCUT2D eigenvalue weighted by Gasteiger charge is -2.18. The van der Waals surface area contributed by atoms with E-state index in [-0.39, 0.29) is 17.8 Å². The number of nitrogens with one attached hydrogen (secondary N) is 1. The zero-order valence-electron chi connectivity index (χ0n) is 28.1. The molecule has 48 heavy (non-hydrogen) atoms. The average molecular weight is 662 g/mol. The highest BCUT2D eigenvalue weighted by Crippen LogP contribution is 2.26. The van der Waals surface area contributed by atoms with Gasteiger partial charge in [0.15, 0.2) is 0 Å².